The van der Waals surface area contributed by atoms with E-state index in [-0.39, 0.29) is 11.8 Å². The molecule has 1 unspecified atom stereocenters. The molecule has 3 aromatic rings. The van der Waals surface area contributed by atoms with E-state index in [1.54, 1.807) is 12.3 Å². The number of pyridine rings is 1. The Kier molecular flexibility index (Phi) is 4.09. The number of hydrogen-bond donors (Lipinski definition) is 0. The molecule has 1 saturated heterocycles. The van der Waals surface area contributed by atoms with Crippen molar-refractivity contribution in [3.05, 3.63) is 88.1 Å². The molecule has 2 aromatic heterocycles. The minimum absolute atomic E-state index is 0.0715. The maximum absolute atomic E-state index is 14.0. The summed E-state index contributed by atoms with van der Waals surface area (Å²) in [7, 11) is 0. The summed E-state index contributed by atoms with van der Waals surface area (Å²) in [5, 5.41) is 0. The molecule has 1 aliphatic carbocycles. The van der Waals surface area contributed by atoms with Crippen LogP contribution in [0.5, 0.6) is 0 Å². The number of nitrogens with zero attached hydrogens (tertiary/aromatic N) is 3. The van der Waals surface area contributed by atoms with E-state index in [0.717, 1.165) is 35.4 Å². The van der Waals surface area contributed by atoms with E-state index in [1.165, 1.54) is 0 Å². The van der Waals surface area contributed by atoms with Gasteiger partial charge in [-0.05, 0) is 50.5 Å². The molecule has 0 bridgehead atoms. The third kappa shape index (κ3) is 2.68. The largest absolute Gasteiger partial charge is 0.465 e. The fraction of sp³-hybridized carbons (Fsp3) is 0.346. The fourth-order valence-electron chi connectivity index (χ4n) is 5.26. The number of benzene rings is 1. The summed E-state index contributed by atoms with van der Waals surface area (Å²) in [5.74, 6) is 1.82. The second-order valence-corrected chi connectivity index (χ2v) is 9.16. The third-order valence-electron chi connectivity index (χ3n) is 7.13. The van der Waals surface area contributed by atoms with Gasteiger partial charge in [0.1, 0.15) is 17.2 Å². The molecule has 0 N–H and O–H groups in total. The van der Waals surface area contributed by atoms with Crippen LogP contribution in [0, 0.1) is 13.8 Å². The number of carbonyl (C=O) groups is 2. The van der Waals surface area contributed by atoms with Crippen LogP contribution in [0.4, 0.5) is 0 Å². The van der Waals surface area contributed by atoms with Crippen LogP contribution in [0.2, 0.25) is 0 Å². The van der Waals surface area contributed by atoms with Gasteiger partial charge in [0.05, 0.1) is 16.8 Å². The van der Waals surface area contributed by atoms with Gasteiger partial charge in [-0.3, -0.25) is 14.6 Å². The Morgan fingerprint density at radius 3 is 2.66 bits per heavy atom. The van der Waals surface area contributed by atoms with Crippen molar-refractivity contribution in [2.45, 2.75) is 44.7 Å². The maximum atomic E-state index is 14.0. The summed E-state index contributed by atoms with van der Waals surface area (Å²) in [6.07, 6.45) is 4.41. The molecule has 162 valence electrons. The molecule has 6 nitrogen and oxygen atoms in total. The molecule has 1 atom stereocenters. The third-order valence-corrected chi connectivity index (χ3v) is 7.13. The van der Waals surface area contributed by atoms with Gasteiger partial charge in [-0.2, -0.15) is 0 Å². The van der Waals surface area contributed by atoms with Crippen LogP contribution in [0.3, 0.4) is 0 Å². The zero-order valence-electron chi connectivity index (χ0n) is 18.3. The molecule has 2 aliphatic heterocycles. The molecule has 3 aliphatic rings. The first-order valence-corrected chi connectivity index (χ1v) is 11.2. The first-order valence-electron chi connectivity index (χ1n) is 11.2. The van der Waals surface area contributed by atoms with Gasteiger partial charge in [-0.15, -0.1) is 0 Å². The van der Waals surface area contributed by atoms with E-state index in [0.29, 0.717) is 42.3 Å². The molecule has 0 radical (unpaired) electrons. The Hall–Kier alpha value is -3.41. The lowest BCUT2D eigenvalue weighted by molar-refractivity contribution is 0.00697. The summed E-state index contributed by atoms with van der Waals surface area (Å²) in [4.78, 5) is 35.8. The maximum Gasteiger partial charge on any atom is 0.259 e. The molecular formula is C26H25N3O3. The van der Waals surface area contributed by atoms with Crippen LogP contribution in [-0.2, 0) is 12.1 Å². The average molecular weight is 428 g/mol. The van der Waals surface area contributed by atoms with Gasteiger partial charge >= 0.3 is 0 Å². The molecule has 6 heteroatoms. The van der Waals surface area contributed by atoms with E-state index in [9.17, 15) is 9.59 Å². The summed E-state index contributed by atoms with van der Waals surface area (Å²) in [6, 6.07) is 13.7. The number of fused-ring (bicyclic) bond motifs is 2. The van der Waals surface area contributed by atoms with Crippen LogP contribution < -0.4 is 0 Å². The van der Waals surface area contributed by atoms with Crippen molar-refractivity contribution >= 4 is 11.8 Å². The molecule has 6 rings (SSSR count). The molecule has 1 saturated carbocycles. The molecular weight excluding hydrogens is 402 g/mol. The van der Waals surface area contributed by atoms with Gasteiger partial charge in [-0.25, -0.2) is 0 Å². The number of aryl methyl sites for hydroxylation is 2. The predicted molar refractivity (Wildman–Crippen MR) is 118 cm³/mol. The van der Waals surface area contributed by atoms with Gasteiger partial charge in [0.25, 0.3) is 11.8 Å². The van der Waals surface area contributed by atoms with Crippen molar-refractivity contribution in [1.29, 1.82) is 0 Å². The topological polar surface area (TPSA) is 66.7 Å². The van der Waals surface area contributed by atoms with Gasteiger partial charge in [0.15, 0.2) is 0 Å². The summed E-state index contributed by atoms with van der Waals surface area (Å²) < 4.78 is 5.95. The normalized spacial score (nSPS) is 22.1. The standard InChI is InChI=1S/C26H25N3O3/c1-16-5-9-19(10-6-16)26-15-22-20(4-3-11-27-22)24(30)28(26)12-13-29(26)25(31)21-14-23(18-7-8-18)32-17(21)2/h3-6,9-11,14,18H,7-8,12-13,15H2,1-2H3. The molecule has 2 fully saturated rings. The quantitative estimate of drug-likeness (QED) is 0.629. The van der Waals surface area contributed by atoms with Crippen LogP contribution in [0.25, 0.3) is 0 Å². The highest BCUT2D eigenvalue weighted by Gasteiger charge is 2.56. The van der Waals surface area contributed by atoms with Gasteiger partial charge in [-0.1, -0.05) is 29.8 Å². The van der Waals surface area contributed by atoms with E-state index >= 15 is 0 Å². The fourth-order valence-corrected chi connectivity index (χ4v) is 5.26. The number of aromatic nitrogens is 1. The van der Waals surface area contributed by atoms with Gasteiger partial charge < -0.3 is 14.2 Å². The summed E-state index contributed by atoms with van der Waals surface area (Å²) in [5.41, 5.74) is 3.12. The lowest BCUT2D eigenvalue weighted by Gasteiger charge is -2.46. The number of hydrogen-bond acceptors (Lipinski definition) is 4. The highest BCUT2D eigenvalue weighted by molar-refractivity contribution is 6.00. The Morgan fingerprint density at radius 2 is 1.91 bits per heavy atom. The smallest absolute Gasteiger partial charge is 0.259 e. The Morgan fingerprint density at radius 1 is 1.12 bits per heavy atom. The van der Waals surface area contributed by atoms with Crippen molar-refractivity contribution in [3.63, 3.8) is 0 Å². The molecule has 32 heavy (non-hydrogen) atoms. The van der Waals surface area contributed by atoms with Crippen LogP contribution >= 0.6 is 0 Å². The number of furan rings is 1. The lowest BCUT2D eigenvalue weighted by atomic mass is 9.85. The monoisotopic (exact) mass is 427 g/mol. The van der Waals surface area contributed by atoms with Crippen molar-refractivity contribution in [3.8, 4) is 0 Å². The predicted octanol–water partition coefficient (Wildman–Crippen LogP) is 4.18. The van der Waals surface area contributed by atoms with E-state index in [1.807, 2.05) is 60.0 Å². The van der Waals surface area contributed by atoms with E-state index in [2.05, 4.69) is 4.98 Å². The van der Waals surface area contributed by atoms with E-state index in [4.69, 9.17) is 4.42 Å². The molecule has 2 amide bonds. The van der Waals surface area contributed by atoms with E-state index < -0.39 is 5.66 Å². The second-order valence-electron chi connectivity index (χ2n) is 9.16. The number of rotatable bonds is 3. The highest BCUT2D eigenvalue weighted by Crippen LogP contribution is 2.46. The zero-order chi connectivity index (χ0) is 22.0. The lowest BCUT2D eigenvalue weighted by Crippen LogP contribution is -2.58. The molecule has 0 spiro atoms. The van der Waals surface area contributed by atoms with Crippen molar-refractivity contribution in [2.24, 2.45) is 0 Å². The van der Waals surface area contributed by atoms with Crippen molar-refractivity contribution in [2.75, 3.05) is 13.1 Å². The minimum atomic E-state index is -0.896. The SMILES string of the molecule is Cc1ccc(C23Cc4ncccc4C(=O)N2CCN3C(=O)c2cc(C3CC3)oc2C)cc1. The van der Waals surface area contributed by atoms with Crippen molar-refractivity contribution < 1.29 is 14.0 Å². The average Bonchev–Trinajstić information content (AvgIpc) is 3.47. The first kappa shape index (κ1) is 19.3. The van der Waals surface area contributed by atoms with Crippen LogP contribution in [0.15, 0.2) is 53.1 Å². The number of carbonyl (C=O) groups excluding carboxylic acids is 2. The first-order chi connectivity index (χ1) is 15.5. The number of amides is 2. The molecule has 1 aromatic carbocycles. The second kappa shape index (κ2) is 6.79. The van der Waals surface area contributed by atoms with Gasteiger partial charge in [0.2, 0.25) is 0 Å². The highest BCUT2D eigenvalue weighted by atomic mass is 16.3. The zero-order valence-corrected chi connectivity index (χ0v) is 18.3. The van der Waals surface area contributed by atoms with Crippen LogP contribution in [-0.4, -0.2) is 39.7 Å². The Labute approximate surface area is 186 Å². The van der Waals surface area contributed by atoms with Crippen molar-refractivity contribution in [1.82, 2.24) is 14.8 Å². The summed E-state index contributed by atoms with van der Waals surface area (Å²) in [6.45, 7) is 4.84. The Balaban J connectivity index is 1.50. The summed E-state index contributed by atoms with van der Waals surface area (Å²) >= 11 is 0. The van der Waals surface area contributed by atoms with Gasteiger partial charge in [0, 0.05) is 31.6 Å². The minimum Gasteiger partial charge on any atom is -0.465 e. The molecule has 4 heterocycles. The Bertz CT molecular complexity index is 1240. The van der Waals surface area contributed by atoms with Crippen LogP contribution in [0.1, 0.15) is 67.8 Å².